The minimum atomic E-state index is -0.451. The molecule has 0 aliphatic carbocycles. The van der Waals surface area contributed by atoms with Gasteiger partial charge in [0, 0.05) is 6.07 Å². The molecule has 1 aromatic rings. The molecule has 0 aliphatic rings. The highest BCUT2D eigenvalue weighted by Gasteiger charge is 2.22. The number of carbonyl (C=O) groups excluding carboxylic acids is 1. The molecule has 1 rings (SSSR count). The molecule has 5 heteroatoms. The van der Waals surface area contributed by atoms with Crippen molar-refractivity contribution in [1.29, 1.82) is 0 Å². The molecule has 0 radical (unpaired) electrons. The summed E-state index contributed by atoms with van der Waals surface area (Å²) in [6, 6.07) is 1.58. The summed E-state index contributed by atoms with van der Waals surface area (Å²) < 4.78 is 9.76. The summed E-state index contributed by atoms with van der Waals surface area (Å²) in [5.74, 6) is 0.187. The lowest BCUT2D eigenvalue weighted by Crippen LogP contribution is -2.13. The Morgan fingerprint density at radius 3 is 2.71 bits per heavy atom. The fourth-order valence-electron chi connectivity index (χ4n) is 1.60. The molecular formula is C12H20N2O3. The van der Waals surface area contributed by atoms with Gasteiger partial charge in [0.05, 0.1) is 13.2 Å². The van der Waals surface area contributed by atoms with Gasteiger partial charge in [-0.05, 0) is 19.3 Å². The van der Waals surface area contributed by atoms with Gasteiger partial charge >= 0.3 is 5.97 Å². The van der Waals surface area contributed by atoms with E-state index in [-0.39, 0.29) is 12.0 Å². The van der Waals surface area contributed by atoms with Crippen molar-refractivity contribution < 1.29 is 14.1 Å². The molecule has 0 aromatic carbocycles. The minimum Gasteiger partial charge on any atom is -0.468 e. The number of aromatic nitrogens is 1. The molecule has 0 bridgehead atoms. The van der Waals surface area contributed by atoms with E-state index in [0.717, 1.165) is 6.42 Å². The first-order valence-electron chi connectivity index (χ1n) is 5.75. The lowest BCUT2D eigenvalue weighted by molar-refractivity contribution is -0.142. The van der Waals surface area contributed by atoms with Crippen molar-refractivity contribution in [2.24, 2.45) is 11.7 Å². The number of ether oxygens (including phenoxy) is 1. The minimum absolute atomic E-state index is 0.155. The van der Waals surface area contributed by atoms with Gasteiger partial charge in [-0.1, -0.05) is 19.0 Å². The summed E-state index contributed by atoms with van der Waals surface area (Å²) in [6.07, 6.45) is 0.832. The molecular weight excluding hydrogens is 220 g/mol. The zero-order valence-corrected chi connectivity index (χ0v) is 10.8. The third-order valence-electron chi connectivity index (χ3n) is 2.63. The fourth-order valence-corrected chi connectivity index (χ4v) is 1.60. The van der Waals surface area contributed by atoms with Crippen LogP contribution in [-0.4, -0.2) is 18.2 Å². The van der Waals surface area contributed by atoms with Gasteiger partial charge in [0.2, 0.25) is 0 Å². The number of methoxy groups -OCH3 is 1. The van der Waals surface area contributed by atoms with Crippen LogP contribution in [0.1, 0.15) is 50.6 Å². The molecule has 2 N–H and O–H groups in total. The molecule has 17 heavy (non-hydrogen) atoms. The molecule has 0 fully saturated rings. The predicted octanol–water partition coefficient (Wildman–Crippen LogP) is 2.00. The fraction of sp³-hybridized carbons (Fsp3) is 0.667. The van der Waals surface area contributed by atoms with Gasteiger partial charge in [-0.25, -0.2) is 0 Å². The standard InChI is InChI=1S/C12H20N2O3/c1-7(2)5-9(13)10-6-11(17-14-10)8(3)12(15)16-4/h6-9H,5,13H2,1-4H3. The summed E-state index contributed by atoms with van der Waals surface area (Å²) in [5.41, 5.74) is 6.66. The zero-order chi connectivity index (χ0) is 13.0. The highest BCUT2D eigenvalue weighted by Crippen LogP contribution is 2.23. The summed E-state index contributed by atoms with van der Waals surface area (Å²) >= 11 is 0. The van der Waals surface area contributed by atoms with Gasteiger partial charge in [-0.3, -0.25) is 4.79 Å². The zero-order valence-electron chi connectivity index (χ0n) is 10.8. The molecule has 96 valence electrons. The highest BCUT2D eigenvalue weighted by molar-refractivity contribution is 5.76. The third-order valence-corrected chi connectivity index (χ3v) is 2.63. The number of esters is 1. The first-order valence-corrected chi connectivity index (χ1v) is 5.75. The Hall–Kier alpha value is -1.36. The normalized spacial score (nSPS) is 14.7. The lowest BCUT2D eigenvalue weighted by atomic mass is 10.0. The van der Waals surface area contributed by atoms with Crippen molar-refractivity contribution in [3.63, 3.8) is 0 Å². The van der Waals surface area contributed by atoms with E-state index < -0.39 is 5.92 Å². The van der Waals surface area contributed by atoms with Crippen molar-refractivity contribution in [3.05, 3.63) is 17.5 Å². The van der Waals surface area contributed by atoms with Crippen LogP contribution in [0.25, 0.3) is 0 Å². The van der Waals surface area contributed by atoms with E-state index >= 15 is 0 Å². The number of nitrogens with two attached hydrogens (primary N) is 1. The van der Waals surface area contributed by atoms with Crippen molar-refractivity contribution >= 4 is 5.97 Å². The van der Waals surface area contributed by atoms with Crippen LogP contribution in [0, 0.1) is 5.92 Å². The maximum Gasteiger partial charge on any atom is 0.316 e. The van der Waals surface area contributed by atoms with E-state index in [4.69, 9.17) is 10.3 Å². The molecule has 5 nitrogen and oxygen atoms in total. The monoisotopic (exact) mass is 240 g/mol. The van der Waals surface area contributed by atoms with Crippen molar-refractivity contribution in [2.45, 2.75) is 39.2 Å². The Kier molecular flexibility index (Phi) is 4.69. The van der Waals surface area contributed by atoms with Crippen LogP contribution < -0.4 is 5.73 Å². The summed E-state index contributed by atoms with van der Waals surface area (Å²) in [4.78, 5) is 11.3. The SMILES string of the molecule is COC(=O)C(C)c1cc(C(N)CC(C)C)no1. The van der Waals surface area contributed by atoms with Gasteiger partial charge in [0.1, 0.15) is 11.6 Å². The van der Waals surface area contributed by atoms with E-state index in [9.17, 15) is 4.79 Å². The molecule has 0 spiro atoms. The molecule has 0 amide bonds. The van der Waals surface area contributed by atoms with Crippen LogP contribution in [0.5, 0.6) is 0 Å². The second-order valence-electron chi connectivity index (χ2n) is 4.64. The second kappa shape index (κ2) is 5.82. The molecule has 0 saturated carbocycles. The molecule has 2 atom stereocenters. The number of hydrogen-bond donors (Lipinski definition) is 1. The van der Waals surface area contributed by atoms with E-state index in [2.05, 4.69) is 23.7 Å². The quantitative estimate of drug-likeness (QED) is 0.796. The van der Waals surface area contributed by atoms with E-state index in [1.54, 1.807) is 13.0 Å². The van der Waals surface area contributed by atoms with Crippen LogP contribution in [0.3, 0.4) is 0 Å². The molecule has 1 aromatic heterocycles. The molecule has 2 unspecified atom stereocenters. The third kappa shape index (κ3) is 3.56. The Bertz CT molecular complexity index is 374. The molecule has 0 aliphatic heterocycles. The van der Waals surface area contributed by atoms with Gasteiger partial charge in [0.15, 0.2) is 5.76 Å². The second-order valence-corrected chi connectivity index (χ2v) is 4.64. The maximum atomic E-state index is 11.3. The summed E-state index contributed by atoms with van der Waals surface area (Å²) in [7, 11) is 1.35. The van der Waals surface area contributed by atoms with E-state index in [0.29, 0.717) is 17.4 Å². The number of nitrogens with zero attached hydrogens (tertiary/aromatic N) is 1. The average molecular weight is 240 g/mol. The topological polar surface area (TPSA) is 78.4 Å². The van der Waals surface area contributed by atoms with Crippen LogP contribution in [-0.2, 0) is 9.53 Å². The van der Waals surface area contributed by atoms with E-state index in [1.807, 2.05) is 0 Å². The lowest BCUT2D eigenvalue weighted by Gasteiger charge is -2.10. The van der Waals surface area contributed by atoms with Crippen molar-refractivity contribution in [2.75, 3.05) is 7.11 Å². The van der Waals surface area contributed by atoms with Crippen LogP contribution in [0.4, 0.5) is 0 Å². The van der Waals surface area contributed by atoms with Gasteiger partial charge in [-0.2, -0.15) is 0 Å². The Morgan fingerprint density at radius 1 is 1.53 bits per heavy atom. The Morgan fingerprint density at radius 2 is 2.18 bits per heavy atom. The largest absolute Gasteiger partial charge is 0.468 e. The first kappa shape index (κ1) is 13.7. The number of hydrogen-bond acceptors (Lipinski definition) is 5. The first-order chi connectivity index (χ1) is 7.95. The molecule has 0 saturated heterocycles. The number of rotatable bonds is 5. The number of carbonyl (C=O) groups is 1. The van der Waals surface area contributed by atoms with Gasteiger partial charge in [-0.15, -0.1) is 0 Å². The van der Waals surface area contributed by atoms with Crippen LogP contribution >= 0.6 is 0 Å². The summed E-state index contributed by atoms with van der Waals surface area (Å²) in [5, 5.41) is 3.90. The smallest absolute Gasteiger partial charge is 0.316 e. The Balaban J connectivity index is 2.74. The predicted molar refractivity (Wildman–Crippen MR) is 63.3 cm³/mol. The van der Waals surface area contributed by atoms with Gasteiger partial charge < -0.3 is 15.0 Å². The highest BCUT2D eigenvalue weighted by atomic mass is 16.5. The maximum absolute atomic E-state index is 11.3. The van der Waals surface area contributed by atoms with Crippen LogP contribution in [0.15, 0.2) is 10.6 Å². The summed E-state index contributed by atoms with van der Waals surface area (Å²) in [6.45, 7) is 5.90. The average Bonchev–Trinajstić information content (AvgIpc) is 2.75. The van der Waals surface area contributed by atoms with E-state index in [1.165, 1.54) is 7.11 Å². The van der Waals surface area contributed by atoms with Crippen LogP contribution in [0.2, 0.25) is 0 Å². The van der Waals surface area contributed by atoms with Crippen molar-refractivity contribution in [1.82, 2.24) is 5.16 Å². The van der Waals surface area contributed by atoms with Gasteiger partial charge in [0.25, 0.3) is 0 Å². The molecule has 1 heterocycles. The van der Waals surface area contributed by atoms with Crippen molar-refractivity contribution in [3.8, 4) is 0 Å². The Labute approximate surface area is 101 Å².